The molecule has 0 aliphatic heterocycles. The second-order valence-electron chi connectivity index (χ2n) is 5.95. The van der Waals surface area contributed by atoms with Crippen molar-refractivity contribution in [2.75, 3.05) is 7.05 Å². The van der Waals surface area contributed by atoms with Crippen molar-refractivity contribution >= 4 is 21.8 Å². The van der Waals surface area contributed by atoms with Gasteiger partial charge in [0.05, 0.1) is 16.9 Å². The lowest BCUT2D eigenvalue weighted by Gasteiger charge is -2.17. The summed E-state index contributed by atoms with van der Waals surface area (Å²) in [5, 5.41) is 4.64. The third kappa shape index (κ3) is 3.64. The molecule has 0 aliphatic rings. The van der Waals surface area contributed by atoms with Crippen LogP contribution in [0.25, 0.3) is 5.69 Å². The molecule has 0 unspecified atom stereocenters. The summed E-state index contributed by atoms with van der Waals surface area (Å²) >= 11 is 3.35. The number of aryl methyl sites for hydroxylation is 1. The predicted octanol–water partition coefficient (Wildman–Crippen LogP) is 3.92. The van der Waals surface area contributed by atoms with E-state index in [0.29, 0.717) is 12.1 Å². The van der Waals surface area contributed by atoms with E-state index < -0.39 is 0 Å². The first kappa shape index (κ1) is 17.4. The van der Waals surface area contributed by atoms with Gasteiger partial charge in [0.1, 0.15) is 0 Å². The van der Waals surface area contributed by atoms with Crippen LogP contribution in [-0.2, 0) is 6.54 Å². The van der Waals surface area contributed by atoms with E-state index in [9.17, 15) is 4.79 Å². The molecule has 128 valence electrons. The number of carbonyl (C=O) groups is 1. The molecule has 0 saturated carbocycles. The van der Waals surface area contributed by atoms with Crippen LogP contribution >= 0.6 is 15.9 Å². The summed E-state index contributed by atoms with van der Waals surface area (Å²) in [5.74, 6) is -0.0694. The Morgan fingerprint density at radius 3 is 2.60 bits per heavy atom. The molecule has 1 amide bonds. The number of aromatic nitrogens is 3. The lowest BCUT2D eigenvalue weighted by Crippen LogP contribution is -2.26. The molecule has 1 aromatic carbocycles. The molecular weight excluding hydrogens is 380 g/mol. The van der Waals surface area contributed by atoms with Gasteiger partial charge in [0.15, 0.2) is 0 Å². The van der Waals surface area contributed by atoms with E-state index in [1.807, 2.05) is 48.9 Å². The van der Waals surface area contributed by atoms with E-state index in [1.54, 1.807) is 30.4 Å². The number of rotatable bonds is 4. The van der Waals surface area contributed by atoms with E-state index in [2.05, 4.69) is 26.0 Å². The number of hydrogen-bond donors (Lipinski definition) is 0. The fourth-order valence-electron chi connectivity index (χ4n) is 2.78. The van der Waals surface area contributed by atoms with Gasteiger partial charge in [0.2, 0.25) is 0 Å². The summed E-state index contributed by atoms with van der Waals surface area (Å²) in [7, 11) is 1.79. The van der Waals surface area contributed by atoms with Crippen molar-refractivity contribution in [3.8, 4) is 5.69 Å². The average molecular weight is 399 g/mol. The Morgan fingerprint density at radius 2 is 1.92 bits per heavy atom. The second kappa shape index (κ2) is 7.19. The number of pyridine rings is 1. The molecule has 0 radical (unpaired) electrons. The number of benzene rings is 1. The van der Waals surface area contributed by atoms with Gasteiger partial charge in [0.25, 0.3) is 5.91 Å². The molecule has 3 rings (SSSR count). The maximum Gasteiger partial charge on any atom is 0.255 e. The van der Waals surface area contributed by atoms with Crippen LogP contribution in [0.5, 0.6) is 0 Å². The summed E-state index contributed by atoms with van der Waals surface area (Å²) in [5.41, 5.74) is 4.59. The van der Waals surface area contributed by atoms with Crippen molar-refractivity contribution in [1.29, 1.82) is 0 Å². The largest absolute Gasteiger partial charge is 0.337 e. The van der Waals surface area contributed by atoms with Crippen molar-refractivity contribution in [2.24, 2.45) is 0 Å². The van der Waals surface area contributed by atoms with E-state index in [4.69, 9.17) is 0 Å². The van der Waals surface area contributed by atoms with Gasteiger partial charge in [-0.3, -0.25) is 9.78 Å². The van der Waals surface area contributed by atoms with Crippen LogP contribution in [0.3, 0.4) is 0 Å². The SMILES string of the molecule is Cc1nn(-c2ccccc2)c(C)c1CN(C)C(=O)c1cncc(Br)c1. The fourth-order valence-corrected chi connectivity index (χ4v) is 3.15. The molecule has 0 saturated heterocycles. The van der Waals surface area contributed by atoms with Gasteiger partial charge >= 0.3 is 0 Å². The number of nitrogens with zero attached hydrogens (tertiary/aromatic N) is 4. The first-order valence-electron chi connectivity index (χ1n) is 7.94. The number of halogens is 1. The van der Waals surface area contributed by atoms with Crippen molar-refractivity contribution in [3.63, 3.8) is 0 Å². The molecule has 2 aromatic heterocycles. The Bertz CT molecular complexity index is 905. The van der Waals surface area contributed by atoms with E-state index in [-0.39, 0.29) is 5.91 Å². The molecule has 5 nitrogen and oxygen atoms in total. The smallest absolute Gasteiger partial charge is 0.255 e. The Morgan fingerprint density at radius 1 is 1.20 bits per heavy atom. The highest BCUT2D eigenvalue weighted by molar-refractivity contribution is 9.10. The van der Waals surface area contributed by atoms with Crippen LogP contribution in [-0.4, -0.2) is 32.6 Å². The minimum atomic E-state index is -0.0694. The highest BCUT2D eigenvalue weighted by Crippen LogP contribution is 2.20. The first-order chi connectivity index (χ1) is 12.0. The molecule has 2 heterocycles. The highest BCUT2D eigenvalue weighted by atomic mass is 79.9. The third-order valence-electron chi connectivity index (χ3n) is 4.14. The van der Waals surface area contributed by atoms with Gasteiger partial charge < -0.3 is 4.90 Å². The molecule has 0 aliphatic carbocycles. The van der Waals surface area contributed by atoms with Crippen molar-refractivity contribution in [2.45, 2.75) is 20.4 Å². The summed E-state index contributed by atoms with van der Waals surface area (Å²) < 4.78 is 2.71. The first-order valence-corrected chi connectivity index (χ1v) is 8.73. The van der Waals surface area contributed by atoms with Gasteiger partial charge in [-0.15, -0.1) is 0 Å². The normalized spacial score (nSPS) is 10.7. The topological polar surface area (TPSA) is 51.0 Å². The van der Waals surface area contributed by atoms with Gasteiger partial charge in [-0.2, -0.15) is 5.10 Å². The van der Waals surface area contributed by atoms with Gasteiger partial charge in [0, 0.05) is 41.7 Å². The van der Waals surface area contributed by atoms with E-state index in [1.165, 1.54) is 0 Å². The molecule has 3 aromatic rings. The molecule has 25 heavy (non-hydrogen) atoms. The minimum absolute atomic E-state index is 0.0694. The molecular formula is C19H19BrN4O. The maximum absolute atomic E-state index is 12.6. The summed E-state index contributed by atoms with van der Waals surface area (Å²) in [4.78, 5) is 18.4. The van der Waals surface area contributed by atoms with Gasteiger partial charge in [-0.25, -0.2) is 4.68 Å². The van der Waals surface area contributed by atoms with Crippen LogP contribution in [0, 0.1) is 13.8 Å². The Balaban J connectivity index is 1.86. The van der Waals surface area contributed by atoms with Crippen molar-refractivity contribution in [1.82, 2.24) is 19.7 Å². The quantitative estimate of drug-likeness (QED) is 0.668. The maximum atomic E-state index is 12.6. The molecule has 0 fully saturated rings. The van der Waals surface area contributed by atoms with Crippen LogP contribution in [0.2, 0.25) is 0 Å². The predicted molar refractivity (Wildman–Crippen MR) is 101 cm³/mol. The van der Waals surface area contributed by atoms with E-state index in [0.717, 1.165) is 27.1 Å². The zero-order valence-electron chi connectivity index (χ0n) is 14.4. The zero-order chi connectivity index (χ0) is 18.0. The van der Waals surface area contributed by atoms with Crippen LogP contribution in [0.4, 0.5) is 0 Å². The van der Waals surface area contributed by atoms with Crippen LogP contribution < -0.4 is 0 Å². The Labute approximate surface area is 155 Å². The average Bonchev–Trinajstić information content (AvgIpc) is 2.90. The van der Waals surface area contributed by atoms with Crippen LogP contribution in [0.15, 0.2) is 53.3 Å². The zero-order valence-corrected chi connectivity index (χ0v) is 16.0. The molecule has 0 N–H and O–H groups in total. The summed E-state index contributed by atoms with van der Waals surface area (Å²) in [6.07, 6.45) is 3.24. The van der Waals surface area contributed by atoms with Gasteiger partial charge in [-0.1, -0.05) is 18.2 Å². The lowest BCUT2D eigenvalue weighted by molar-refractivity contribution is 0.0784. The molecule has 6 heteroatoms. The molecule has 0 bridgehead atoms. The minimum Gasteiger partial charge on any atom is -0.337 e. The fraction of sp³-hybridized carbons (Fsp3) is 0.211. The highest BCUT2D eigenvalue weighted by Gasteiger charge is 2.18. The number of carbonyl (C=O) groups excluding carboxylic acids is 1. The monoisotopic (exact) mass is 398 g/mol. The molecule has 0 atom stereocenters. The summed E-state index contributed by atoms with van der Waals surface area (Å²) in [6, 6.07) is 11.8. The van der Waals surface area contributed by atoms with Crippen LogP contribution in [0.1, 0.15) is 27.3 Å². The molecule has 0 spiro atoms. The number of hydrogen-bond acceptors (Lipinski definition) is 3. The Kier molecular flexibility index (Phi) is 4.99. The second-order valence-corrected chi connectivity index (χ2v) is 6.87. The standard InChI is InChI=1S/C19H19BrN4O/c1-13-18(14(2)24(22-13)17-7-5-4-6-8-17)12-23(3)19(25)15-9-16(20)11-21-10-15/h4-11H,12H2,1-3H3. The van der Waals surface area contributed by atoms with Crippen molar-refractivity contribution in [3.05, 3.63) is 75.8 Å². The summed E-state index contributed by atoms with van der Waals surface area (Å²) in [6.45, 7) is 4.50. The Hall–Kier alpha value is -2.47. The van der Waals surface area contributed by atoms with Gasteiger partial charge in [-0.05, 0) is 48.0 Å². The third-order valence-corrected chi connectivity index (χ3v) is 4.57. The lowest BCUT2D eigenvalue weighted by atomic mass is 10.1. The number of para-hydroxylation sites is 1. The number of amides is 1. The van der Waals surface area contributed by atoms with Crippen molar-refractivity contribution < 1.29 is 4.79 Å². The van der Waals surface area contributed by atoms with E-state index >= 15 is 0 Å².